The normalized spacial score (nSPS) is 15.3. The highest BCUT2D eigenvalue weighted by Gasteiger charge is 2.27. The zero-order chi connectivity index (χ0) is 16.1. The lowest BCUT2D eigenvalue weighted by Gasteiger charge is -2.33. The van der Waals surface area contributed by atoms with Gasteiger partial charge in [-0.2, -0.15) is 0 Å². The fourth-order valence-corrected chi connectivity index (χ4v) is 2.78. The number of anilines is 1. The number of benzene rings is 1. The maximum Gasteiger partial charge on any atom is 0.308 e. The van der Waals surface area contributed by atoms with Gasteiger partial charge < -0.3 is 19.1 Å². The van der Waals surface area contributed by atoms with E-state index in [-0.39, 0.29) is 11.9 Å². The molecule has 0 spiro atoms. The molecule has 0 amide bonds. The van der Waals surface area contributed by atoms with Crippen molar-refractivity contribution in [3.8, 4) is 11.5 Å². The van der Waals surface area contributed by atoms with Gasteiger partial charge in [0, 0.05) is 25.2 Å². The minimum atomic E-state index is -0.168. The summed E-state index contributed by atoms with van der Waals surface area (Å²) in [7, 11) is 4.50. The van der Waals surface area contributed by atoms with E-state index in [4.69, 9.17) is 14.2 Å². The van der Waals surface area contributed by atoms with E-state index in [1.165, 1.54) is 14.2 Å². The van der Waals surface area contributed by atoms with Crippen LogP contribution in [0.15, 0.2) is 12.1 Å². The highest BCUT2D eigenvalue weighted by Crippen LogP contribution is 2.35. The van der Waals surface area contributed by atoms with Crippen LogP contribution in [0.25, 0.3) is 0 Å². The molecule has 0 unspecified atom stereocenters. The average molecular weight is 307 g/mol. The first-order valence-electron chi connectivity index (χ1n) is 7.18. The molecule has 0 aromatic heterocycles. The van der Waals surface area contributed by atoms with E-state index in [9.17, 15) is 9.59 Å². The summed E-state index contributed by atoms with van der Waals surface area (Å²) in [5.41, 5.74) is 1.27. The fourth-order valence-electron chi connectivity index (χ4n) is 2.78. The third-order valence-electron chi connectivity index (χ3n) is 4.04. The first-order valence-corrected chi connectivity index (χ1v) is 7.18. The van der Waals surface area contributed by atoms with Crippen molar-refractivity contribution in [2.75, 3.05) is 39.3 Å². The number of nitrogens with zero attached hydrogens (tertiary/aromatic N) is 1. The number of aldehydes is 1. The first kappa shape index (κ1) is 16.1. The summed E-state index contributed by atoms with van der Waals surface area (Å²) < 4.78 is 15.3. The van der Waals surface area contributed by atoms with Gasteiger partial charge in [-0.15, -0.1) is 0 Å². The molecular weight excluding hydrogens is 286 g/mol. The molecule has 0 aliphatic carbocycles. The van der Waals surface area contributed by atoms with Crippen molar-refractivity contribution < 1.29 is 23.8 Å². The quantitative estimate of drug-likeness (QED) is 0.611. The molecule has 1 aromatic rings. The Morgan fingerprint density at radius 1 is 1.18 bits per heavy atom. The second-order valence-electron chi connectivity index (χ2n) is 5.16. The summed E-state index contributed by atoms with van der Waals surface area (Å²) in [5.74, 6) is 0.874. The van der Waals surface area contributed by atoms with Gasteiger partial charge in [-0.05, 0) is 12.8 Å². The van der Waals surface area contributed by atoms with Crippen LogP contribution in [-0.2, 0) is 9.53 Å². The Morgan fingerprint density at radius 2 is 1.86 bits per heavy atom. The maximum absolute atomic E-state index is 11.6. The molecule has 22 heavy (non-hydrogen) atoms. The molecule has 0 saturated carbocycles. The molecule has 2 rings (SSSR count). The molecule has 1 heterocycles. The first-order chi connectivity index (χ1) is 10.6. The number of rotatable bonds is 5. The Balaban J connectivity index is 2.25. The molecule has 1 fully saturated rings. The van der Waals surface area contributed by atoms with Gasteiger partial charge in [0.25, 0.3) is 0 Å². The Hall–Kier alpha value is -2.24. The van der Waals surface area contributed by atoms with Crippen LogP contribution in [0.1, 0.15) is 23.2 Å². The number of methoxy groups -OCH3 is 3. The largest absolute Gasteiger partial charge is 0.497 e. The minimum absolute atomic E-state index is 0.0755. The van der Waals surface area contributed by atoms with Crippen molar-refractivity contribution in [2.24, 2.45) is 5.92 Å². The topological polar surface area (TPSA) is 65.1 Å². The molecule has 0 bridgehead atoms. The standard InChI is InChI=1S/C16H21NO5/c1-20-12-8-14(13(10-18)15(9-12)21-2)17-6-4-11(5-7-17)16(19)22-3/h8-11H,4-7H2,1-3H3. The fraction of sp³-hybridized carbons (Fsp3) is 0.500. The molecule has 6 heteroatoms. The number of piperidine rings is 1. The van der Waals surface area contributed by atoms with Gasteiger partial charge in [0.1, 0.15) is 11.5 Å². The summed E-state index contributed by atoms with van der Waals surface area (Å²) in [5, 5.41) is 0. The highest BCUT2D eigenvalue weighted by molar-refractivity contribution is 5.89. The summed E-state index contributed by atoms with van der Waals surface area (Å²) in [6.07, 6.45) is 2.19. The Morgan fingerprint density at radius 3 is 2.36 bits per heavy atom. The van der Waals surface area contributed by atoms with Crippen LogP contribution in [0.5, 0.6) is 11.5 Å². The van der Waals surface area contributed by atoms with Gasteiger partial charge >= 0.3 is 5.97 Å². The molecule has 1 aromatic carbocycles. The Labute approximate surface area is 129 Å². The van der Waals surface area contributed by atoms with E-state index >= 15 is 0 Å². The minimum Gasteiger partial charge on any atom is -0.497 e. The zero-order valence-electron chi connectivity index (χ0n) is 13.1. The van der Waals surface area contributed by atoms with Crippen LogP contribution in [0.2, 0.25) is 0 Å². The molecule has 120 valence electrons. The number of hydrogen-bond donors (Lipinski definition) is 0. The highest BCUT2D eigenvalue weighted by atomic mass is 16.5. The molecule has 0 N–H and O–H groups in total. The van der Waals surface area contributed by atoms with E-state index in [0.29, 0.717) is 43.0 Å². The van der Waals surface area contributed by atoms with Crippen LogP contribution in [0.4, 0.5) is 5.69 Å². The summed E-state index contributed by atoms with van der Waals surface area (Å²) in [6.45, 7) is 1.36. The average Bonchev–Trinajstić information content (AvgIpc) is 2.59. The van der Waals surface area contributed by atoms with E-state index in [2.05, 4.69) is 4.90 Å². The van der Waals surface area contributed by atoms with Gasteiger partial charge in [0.05, 0.1) is 38.5 Å². The van der Waals surface area contributed by atoms with Gasteiger partial charge in [0.15, 0.2) is 6.29 Å². The number of hydrogen-bond acceptors (Lipinski definition) is 6. The lowest BCUT2D eigenvalue weighted by Crippen LogP contribution is -2.37. The molecule has 1 aliphatic rings. The van der Waals surface area contributed by atoms with Crippen molar-refractivity contribution in [3.05, 3.63) is 17.7 Å². The van der Waals surface area contributed by atoms with Crippen molar-refractivity contribution >= 4 is 17.9 Å². The van der Waals surface area contributed by atoms with Crippen molar-refractivity contribution in [1.29, 1.82) is 0 Å². The second kappa shape index (κ2) is 7.15. The number of carbonyl (C=O) groups is 2. The number of ether oxygens (including phenoxy) is 3. The molecule has 6 nitrogen and oxygen atoms in total. The molecule has 0 radical (unpaired) electrons. The maximum atomic E-state index is 11.6. The summed E-state index contributed by atoms with van der Waals surface area (Å²) in [4.78, 5) is 25.1. The predicted molar refractivity (Wildman–Crippen MR) is 81.9 cm³/mol. The monoisotopic (exact) mass is 307 g/mol. The van der Waals surface area contributed by atoms with E-state index in [1.807, 2.05) is 6.07 Å². The Bertz CT molecular complexity index is 550. The van der Waals surface area contributed by atoms with E-state index in [1.54, 1.807) is 13.2 Å². The second-order valence-corrected chi connectivity index (χ2v) is 5.16. The lowest BCUT2D eigenvalue weighted by atomic mass is 9.96. The molecular formula is C16H21NO5. The lowest BCUT2D eigenvalue weighted by molar-refractivity contribution is -0.146. The van der Waals surface area contributed by atoms with Gasteiger partial charge in [0.2, 0.25) is 0 Å². The Kier molecular flexibility index (Phi) is 5.25. The van der Waals surface area contributed by atoms with E-state index in [0.717, 1.165) is 12.0 Å². The SMILES string of the molecule is COC(=O)C1CCN(c2cc(OC)cc(OC)c2C=O)CC1. The molecule has 0 atom stereocenters. The van der Waals surface area contributed by atoms with Crippen molar-refractivity contribution in [2.45, 2.75) is 12.8 Å². The summed E-state index contributed by atoms with van der Waals surface area (Å²) >= 11 is 0. The van der Waals surface area contributed by atoms with Crippen LogP contribution in [-0.4, -0.2) is 46.7 Å². The van der Waals surface area contributed by atoms with Gasteiger partial charge in [-0.25, -0.2) is 0 Å². The smallest absolute Gasteiger partial charge is 0.308 e. The van der Waals surface area contributed by atoms with Crippen LogP contribution in [0, 0.1) is 5.92 Å². The van der Waals surface area contributed by atoms with Crippen molar-refractivity contribution in [1.82, 2.24) is 0 Å². The van der Waals surface area contributed by atoms with Crippen molar-refractivity contribution in [3.63, 3.8) is 0 Å². The third-order valence-corrected chi connectivity index (χ3v) is 4.04. The third kappa shape index (κ3) is 3.16. The zero-order valence-corrected chi connectivity index (χ0v) is 13.1. The molecule has 1 aliphatic heterocycles. The summed E-state index contributed by atoms with van der Waals surface area (Å²) in [6, 6.07) is 3.51. The van der Waals surface area contributed by atoms with Gasteiger partial charge in [-0.1, -0.05) is 0 Å². The number of esters is 1. The van der Waals surface area contributed by atoms with E-state index < -0.39 is 0 Å². The number of carbonyl (C=O) groups excluding carboxylic acids is 2. The molecule has 1 saturated heterocycles. The predicted octanol–water partition coefficient (Wildman–Crippen LogP) is 1.91. The van der Waals surface area contributed by atoms with Crippen LogP contribution >= 0.6 is 0 Å². The van der Waals surface area contributed by atoms with Gasteiger partial charge in [-0.3, -0.25) is 9.59 Å². The van der Waals surface area contributed by atoms with Crippen LogP contribution < -0.4 is 14.4 Å². The van der Waals surface area contributed by atoms with Crippen LogP contribution in [0.3, 0.4) is 0 Å².